The molecule has 166 valence electrons. The van der Waals surface area contributed by atoms with E-state index >= 15 is 0 Å². The molecule has 2 aliphatic heterocycles. The van der Waals surface area contributed by atoms with E-state index in [0.717, 1.165) is 50.6 Å². The quantitative estimate of drug-likeness (QED) is 0.384. The largest absolute Gasteiger partial charge is 0.377 e. The van der Waals surface area contributed by atoms with Crippen molar-refractivity contribution in [3.05, 3.63) is 34.9 Å². The highest BCUT2D eigenvalue weighted by atomic mass is 35.5. The van der Waals surface area contributed by atoms with Crippen molar-refractivity contribution < 1.29 is 14.3 Å². The highest BCUT2D eigenvalue weighted by Crippen LogP contribution is 2.13. The van der Waals surface area contributed by atoms with Crippen molar-refractivity contribution in [3.8, 4) is 0 Å². The van der Waals surface area contributed by atoms with E-state index in [4.69, 9.17) is 26.1 Å². The lowest BCUT2D eigenvalue weighted by molar-refractivity contribution is -0.131. The maximum absolute atomic E-state index is 12.6. The summed E-state index contributed by atoms with van der Waals surface area (Å²) in [5.74, 6) is 1.03. The molecule has 2 aliphatic rings. The van der Waals surface area contributed by atoms with E-state index in [-0.39, 0.29) is 12.0 Å². The predicted octanol–water partition coefficient (Wildman–Crippen LogP) is 2.19. The van der Waals surface area contributed by atoms with E-state index in [2.05, 4.69) is 17.1 Å². The van der Waals surface area contributed by atoms with Crippen molar-refractivity contribution in [1.82, 2.24) is 15.1 Å². The second-order valence-electron chi connectivity index (χ2n) is 7.62. The molecular weight excluding hydrogens is 404 g/mol. The van der Waals surface area contributed by atoms with E-state index in [1.54, 1.807) is 0 Å². The normalized spacial score (nSPS) is 19.9. The molecule has 0 radical (unpaired) electrons. The van der Waals surface area contributed by atoms with Crippen molar-refractivity contribution in [1.29, 1.82) is 0 Å². The Bertz CT molecular complexity index is 701. The molecule has 1 aromatic rings. The summed E-state index contributed by atoms with van der Waals surface area (Å²) in [6.07, 6.45) is 2.85. The van der Waals surface area contributed by atoms with Crippen LogP contribution in [0.2, 0.25) is 5.02 Å². The van der Waals surface area contributed by atoms with Crippen LogP contribution in [0.3, 0.4) is 0 Å². The number of hydrogen-bond acceptors (Lipinski definition) is 4. The summed E-state index contributed by atoms with van der Waals surface area (Å²) in [4.78, 5) is 21.5. The number of carbonyl (C=O) groups excluding carboxylic acids is 1. The van der Waals surface area contributed by atoms with Gasteiger partial charge >= 0.3 is 0 Å². The van der Waals surface area contributed by atoms with Gasteiger partial charge in [0.05, 0.1) is 32.3 Å². The Morgan fingerprint density at radius 3 is 2.80 bits per heavy atom. The summed E-state index contributed by atoms with van der Waals surface area (Å²) in [6, 6.07) is 7.50. The van der Waals surface area contributed by atoms with Crippen LogP contribution in [-0.2, 0) is 20.7 Å². The Kier molecular flexibility index (Phi) is 9.24. The minimum Gasteiger partial charge on any atom is -0.377 e. The van der Waals surface area contributed by atoms with Gasteiger partial charge in [0, 0.05) is 44.4 Å². The summed E-state index contributed by atoms with van der Waals surface area (Å²) in [5.41, 5.74) is 0.952. The fourth-order valence-corrected chi connectivity index (χ4v) is 3.95. The second kappa shape index (κ2) is 12.1. The number of halogens is 1. The molecule has 2 fully saturated rings. The van der Waals surface area contributed by atoms with Gasteiger partial charge in [0.1, 0.15) is 0 Å². The zero-order chi connectivity index (χ0) is 21.2. The van der Waals surface area contributed by atoms with Gasteiger partial charge in [0.2, 0.25) is 5.91 Å². The molecular formula is C22H33ClN4O3. The predicted molar refractivity (Wildman–Crippen MR) is 119 cm³/mol. The Balaban J connectivity index is 1.41. The van der Waals surface area contributed by atoms with Crippen LogP contribution < -0.4 is 5.32 Å². The van der Waals surface area contributed by atoms with Crippen LogP contribution >= 0.6 is 11.6 Å². The molecule has 1 aromatic carbocycles. The van der Waals surface area contributed by atoms with Gasteiger partial charge in [-0.1, -0.05) is 23.7 Å². The molecule has 1 atom stereocenters. The standard InChI is InChI=1S/C22H33ClN4O3/c1-2-24-22(25-8-14-29-17-20-7-4-13-30-20)27-11-9-26(10-12-27)21(28)16-18-5-3-6-19(23)15-18/h3,5-6,15,20H,2,4,7-14,16-17H2,1H3,(H,24,25). The molecule has 2 heterocycles. The van der Waals surface area contributed by atoms with Crippen molar-refractivity contribution in [2.75, 3.05) is 59.1 Å². The summed E-state index contributed by atoms with van der Waals surface area (Å²) < 4.78 is 11.3. The molecule has 0 saturated carbocycles. The number of ether oxygens (including phenoxy) is 2. The van der Waals surface area contributed by atoms with Gasteiger partial charge in [-0.2, -0.15) is 0 Å². The van der Waals surface area contributed by atoms with Crippen LogP contribution in [0.5, 0.6) is 0 Å². The Hall–Kier alpha value is -1.83. The topological polar surface area (TPSA) is 66.4 Å². The van der Waals surface area contributed by atoms with E-state index in [9.17, 15) is 4.79 Å². The number of aliphatic imine (C=N–C) groups is 1. The van der Waals surface area contributed by atoms with Gasteiger partial charge < -0.3 is 24.6 Å². The van der Waals surface area contributed by atoms with Gasteiger partial charge in [0.15, 0.2) is 5.96 Å². The molecule has 1 N–H and O–H groups in total. The van der Waals surface area contributed by atoms with Gasteiger partial charge in [-0.3, -0.25) is 9.79 Å². The highest BCUT2D eigenvalue weighted by Gasteiger charge is 2.23. The van der Waals surface area contributed by atoms with E-state index in [1.807, 2.05) is 29.2 Å². The zero-order valence-corrected chi connectivity index (χ0v) is 18.6. The maximum Gasteiger partial charge on any atom is 0.227 e. The molecule has 30 heavy (non-hydrogen) atoms. The smallest absolute Gasteiger partial charge is 0.227 e. The Labute approximate surface area is 184 Å². The molecule has 0 spiro atoms. The highest BCUT2D eigenvalue weighted by molar-refractivity contribution is 6.30. The molecule has 0 aliphatic carbocycles. The van der Waals surface area contributed by atoms with Crippen LogP contribution in [-0.4, -0.2) is 86.9 Å². The number of rotatable bonds is 8. The zero-order valence-electron chi connectivity index (χ0n) is 17.8. The van der Waals surface area contributed by atoms with Crippen LogP contribution in [0, 0.1) is 0 Å². The molecule has 8 heteroatoms. The van der Waals surface area contributed by atoms with Crippen molar-refractivity contribution >= 4 is 23.5 Å². The minimum absolute atomic E-state index is 0.140. The summed E-state index contributed by atoms with van der Waals surface area (Å²) in [6.45, 7) is 8.50. The van der Waals surface area contributed by atoms with Crippen LogP contribution in [0.15, 0.2) is 29.3 Å². The molecule has 1 unspecified atom stereocenters. The number of piperazine rings is 1. The molecule has 1 amide bonds. The first-order valence-corrected chi connectivity index (χ1v) is 11.3. The third kappa shape index (κ3) is 7.15. The van der Waals surface area contributed by atoms with Gasteiger partial charge in [-0.15, -0.1) is 0 Å². The first kappa shape index (κ1) is 22.8. The first-order valence-electron chi connectivity index (χ1n) is 10.9. The number of hydrogen-bond donors (Lipinski definition) is 1. The summed E-state index contributed by atoms with van der Waals surface area (Å²) in [7, 11) is 0. The third-order valence-corrected chi connectivity index (χ3v) is 5.57. The van der Waals surface area contributed by atoms with Gasteiger partial charge in [-0.05, 0) is 37.5 Å². The van der Waals surface area contributed by atoms with Crippen LogP contribution in [0.4, 0.5) is 0 Å². The summed E-state index contributed by atoms with van der Waals surface area (Å²) >= 11 is 6.03. The fraction of sp³-hybridized carbons (Fsp3) is 0.636. The SMILES string of the molecule is CCNC(=NCCOCC1CCCO1)N1CCN(C(=O)Cc2cccc(Cl)c2)CC1. The Morgan fingerprint density at radius 2 is 2.10 bits per heavy atom. The fourth-order valence-electron chi connectivity index (χ4n) is 3.73. The van der Waals surface area contributed by atoms with Crippen LogP contribution in [0.25, 0.3) is 0 Å². The monoisotopic (exact) mass is 436 g/mol. The number of amides is 1. The van der Waals surface area contributed by atoms with Gasteiger partial charge in [-0.25, -0.2) is 0 Å². The first-order chi connectivity index (χ1) is 14.7. The number of guanidine groups is 1. The van der Waals surface area contributed by atoms with Crippen LogP contribution in [0.1, 0.15) is 25.3 Å². The summed E-state index contributed by atoms with van der Waals surface area (Å²) in [5, 5.41) is 4.02. The lowest BCUT2D eigenvalue weighted by atomic mass is 10.1. The minimum atomic E-state index is 0.140. The molecule has 0 bridgehead atoms. The van der Waals surface area contributed by atoms with E-state index in [1.165, 1.54) is 0 Å². The van der Waals surface area contributed by atoms with E-state index in [0.29, 0.717) is 44.3 Å². The number of benzene rings is 1. The average molecular weight is 437 g/mol. The molecule has 2 saturated heterocycles. The number of carbonyl (C=O) groups is 1. The van der Waals surface area contributed by atoms with Crippen molar-refractivity contribution in [2.45, 2.75) is 32.3 Å². The average Bonchev–Trinajstić information content (AvgIpc) is 3.26. The lowest BCUT2D eigenvalue weighted by Crippen LogP contribution is -2.54. The number of nitrogens with zero attached hydrogens (tertiary/aromatic N) is 3. The second-order valence-corrected chi connectivity index (χ2v) is 8.06. The third-order valence-electron chi connectivity index (χ3n) is 5.34. The molecule has 3 rings (SSSR count). The Morgan fingerprint density at radius 1 is 1.30 bits per heavy atom. The molecule has 7 nitrogen and oxygen atoms in total. The number of nitrogens with one attached hydrogen (secondary N) is 1. The lowest BCUT2D eigenvalue weighted by Gasteiger charge is -2.36. The molecule has 0 aromatic heterocycles. The maximum atomic E-state index is 12.6. The van der Waals surface area contributed by atoms with Crippen molar-refractivity contribution in [2.24, 2.45) is 4.99 Å². The van der Waals surface area contributed by atoms with E-state index < -0.39 is 0 Å². The van der Waals surface area contributed by atoms with Gasteiger partial charge in [0.25, 0.3) is 0 Å². The van der Waals surface area contributed by atoms with Crippen molar-refractivity contribution in [3.63, 3.8) is 0 Å².